The fourth-order valence-corrected chi connectivity index (χ4v) is 12.7. The van der Waals surface area contributed by atoms with Gasteiger partial charge in [-0.15, -0.1) is 0 Å². The number of hydrogen-bond donors (Lipinski definition) is 0. The molecule has 0 amide bonds. The van der Waals surface area contributed by atoms with E-state index in [1.165, 1.54) is 21.5 Å². The van der Waals surface area contributed by atoms with E-state index in [4.69, 9.17) is 11.2 Å². The van der Waals surface area contributed by atoms with E-state index in [1.807, 2.05) is 11.8 Å². The van der Waals surface area contributed by atoms with Crippen LogP contribution in [0.3, 0.4) is 0 Å². The molecule has 146 valence electrons. The van der Waals surface area contributed by atoms with Crippen LogP contribution in [0.25, 0.3) is 0 Å². The van der Waals surface area contributed by atoms with Crippen LogP contribution < -0.4 is 15.9 Å². The van der Waals surface area contributed by atoms with Gasteiger partial charge in [0, 0.05) is 0 Å². The molecule has 0 fully saturated rings. The van der Waals surface area contributed by atoms with Gasteiger partial charge in [-0.05, 0) is 0 Å². The van der Waals surface area contributed by atoms with Gasteiger partial charge >= 0.3 is 183 Å². The Morgan fingerprint density at radius 1 is 0.517 bits per heavy atom. The second-order valence-corrected chi connectivity index (χ2v) is 15.0. The van der Waals surface area contributed by atoms with Gasteiger partial charge in [0.25, 0.3) is 0 Å². The van der Waals surface area contributed by atoms with Crippen LogP contribution in [0.4, 0.5) is 0 Å². The molecule has 0 nitrogen and oxygen atoms in total. The minimum atomic E-state index is -3.16. The number of halogens is 1. The van der Waals surface area contributed by atoms with Gasteiger partial charge in [-0.25, -0.2) is 0 Å². The molecule has 4 aromatic rings. The van der Waals surface area contributed by atoms with Crippen LogP contribution in [0, 0.1) is 0 Å². The topological polar surface area (TPSA) is 0 Å². The molecule has 0 aromatic heterocycles. The molecule has 0 spiro atoms. The van der Waals surface area contributed by atoms with Gasteiger partial charge in [0.05, 0.1) is 0 Å². The van der Waals surface area contributed by atoms with Gasteiger partial charge in [0.1, 0.15) is 0 Å². The maximum atomic E-state index is 8.05. The van der Waals surface area contributed by atoms with E-state index < -0.39 is 5.96 Å². The van der Waals surface area contributed by atoms with Crippen LogP contribution in [-0.4, -0.2) is 5.49 Å². The van der Waals surface area contributed by atoms with Gasteiger partial charge in [-0.3, -0.25) is 0 Å². The van der Waals surface area contributed by atoms with Crippen molar-refractivity contribution in [2.75, 3.05) is 5.49 Å². The number of thioether (sulfide) groups is 1. The predicted molar refractivity (Wildman–Crippen MR) is 134 cm³/mol. The summed E-state index contributed by atoms with van der Waals surface area (Å²) in [5, 5.41) is 3.66. The molecule has 0 aliphatic carbocycles. The van der Waals surface area contributed by atoms with Crippen molar-refractivity contribution < 1.29 is 0 Å². The summed E-state index contributed by atoms with van der Waals surface area (Å²) in [5.41, 5.74) is 2.17. The molecule has 3 heteroatoms. The van der Waals surface area contributed by atoms with Crippen molar-refractivity contribution in [2.45, 2.75) is 5.75 Å². The Morgan fingerprint density at radius 3 is 1.24 bits per heavy atom. The summed E-state index contributed by atoms with van der Waals surface area (Å²) >= 11 is 9.97. The van der Waals surface area contributed by atoms with Gasteiger partial charge in [0.2, 0.25) is 0 Å². The van der Waals surface area contributed by atoms with E-state index in [0.717, 1.165) is 11.2 Å². The Hall–Kier alpha value is -2.05. The number of benzene rings is 4. The van der Waals surface area contributed by atoms with Crippen LogP contribution in [0.1, 0.15) is 5.56 Å². The zero-order valence-corrected chi connectivity index (χ0v) is 18.7. The van der Waals surface area contributed by atoms with Crippen molar-refractivity contribution >= 4 is 44.9 Å². The van der Waals surface area contributed by atoms with Gasteiger partial charge in [0.15, 0.2) is 0 Å². The van der Waals surface area contributed by atoms with Gasteiger partial charge < -0.3 is 0 Å². The van der Waals surface area contributed by atoms with Gasteiger partial charge in [-0.2, -0.15) is 0 Å². The molecule has 4 rings (SSSR count). The SMILES string of the molecule is ClP(CSCc1ccccc1)(c1ccccc1)(c1ccccc1)c1ccccc1. The van der Waals surface area contributed by atoms with Crippen molar-refractivity contribution in [3.63, 3.8) is 0 Å². The first-order chi connectivity index (χ1) is 14.2. The van der Waals surface area contributed by atoms with Crippen LogP contribution in [0.2, 0.25) is 0 Å². The molecular formula is C26H24ClPS. The molecular weight excluding hydrogens is 411 g/mol. The molecule has 0 aliphatic heterocycles. The Bertz CT molecular complexity index is 938. The third-order valence-corrected chi connectivity index (χ3v) is 15.3. The molecule has 29 heavy (non-hydrogen) atoms. The molecule has 0 bridgehead atoms. The summed E-state index contributed by atoms with van der Waals surface area (Å²) in [6, 6.07) is 42.7. The van der Waals surface area contributed by atoms with Crippen molar-refractivity contribution in [3.05, 3.63) is 127 Å². The summed E-state index contributed by atoms with van der Waals surface area (Å²) in [6.45, 7) is 0. The van der Waals surface area contributed by atoms with Crippen LogP contribution >= 0.6 is 29.0 Å². The first-order valence-corrected chi connectivity index (χ1v) is 14.2. The molecule has 0 saturated heterocycles. The second-order valence-electron chi connectivity index (χ2n) is 7.15. The normalized spacial score (nSPS) is 12.8. The van der Waals surface area contributed by atoms with Gasteiger partial charge in [-0.1, -0.05) is 0 Å². The Balaban J connectivity index is 1.87. The monoisotopic (exact) mass is 434 g/mol. The van der Waals surface area contributed by atoms with Crippen molar-refractivity contribution in [1.82, 2.24) is 0 Å². The Labute approximate surface area is 182 Å². The van der Waals surface area contributed by atoms with Crippen molar-refractivity contribution in [1.29, 1.82) is 0 Å². The van der Waals surface area contributed by atoms with E-state index in [1.54, 1.807) is 0 Å². The number of rotatable bonds is 7. The number of hydrogen-bond acceptors (Lipinski definition) is 1. The average molecular weight is 435 g/mol. The predicted octanol–water partition coefficient (Wildman–Crippen LogP) is 6.56. The first kappa shape index (κ1) is 20.2. The quantitative estimate of drug-likeness (QED) is 0.297. The van der Waals surface area contributed by atoms with Crippen LogP contribution in [-0.2, 0) is 5.75 Å². The fraction of sp³-hybridized carbons (Fsp3) is 0.0769. The molecule has 0 radical (unpaired) electrons. The molecule has 0 N–H and O–H groups in total. The molecule has 0 atom stereocenters. The van der Waals surface area contributed by atoms with E-state index in [0.29, 0.717) is 0 Å². The fourth-order valence-electron chi connectivity index (χ4n) is 3.80. The first-order valence-electron chi connectivity index (χ1n) is 9.73. The summed E-state index contributed by atoms with van der Waals surface area (Å²) in [5.74, 6) is -2.21. The van der Waals surface area contributed by atoms with Crippen molar-refractivity contribution in [2.24, 2.45) is 0 Å². The standard InChI is InChI=1S/C26H24ClPS/c27-28(24-15-7-2-8-16-24,25-17-9-3-10-18-25,26-19-11-4-12-20-26)22-29-21-23-13-5-1-6-14-23/h1-20H,21-22H2. The van der Waals surface area contributed by atoms with Crippen LogP contribution in [0.5, 0.6) is 0 Å². The molecule has 0 unspecified atom stereocenters. The van der Waals surface area contributed by atoms with Crippen molar-refractivity contribution in [3.8, 4) is 0 Å². The van der Waals surface area contributed by atoms with E-state index in [9.17, 15) is 0 Å². The summed E-state index contributed by atoms with van der Waals surface area (Å²) in [7, 11) is 0. The maximum absolute atomic E-state index is 8.05. The van der Waals surface area contributed by atoms with E-state index in [-0.39, 0.29) is 0 Å². The second kappa shape index (κ2) is 8.76. The van der Waals surface area contributed by atoms with E-state index in [2.05, 4.69) is 121 Å². The van der Waals surface area contributed by atoms with Crippen LogP contribution in [0.15, 0.2) is 121 Å². The zero-order chi connectivity index (χ0) is 20.0. The average Bonchev–Trinajstić information content (AvgIpc) is 2.81. The third kappa shape index (κ3) is 3.88. The zero-order valence-electron chi connectivity index (χ0n) is 16.2. The summed E-state index contributed by atoms with van der Waals surface area (Å²) < 4.78 is 0. The molecule has 4 aromatic carbocycles. The molecule has 0 aliphatic rings. The summed E-state index contributed by atoms with van der Waals surface area (Å²) in [6.07, 6.45) is 0. The summed E-state index contributed by atoms with van der Waals surface area (Å²) in [4.78, 5) is 0. The third-order valence-electron chi connectivity index (χ3n) is 5.33. The minimum absolute atomic E-state index is 0.847. The molecule has 0 heterocycles. The Kier molecular flexibility index (Phi) is 6.11. The van der Waals surface area contributed by atoms with E-state index >= 15 is 0 Å². The Morgan fingerprint density at radius 2 is 0.862 bits per heavy atom. The molecule has 0 saturated carbocycles.